The summed E-state index contributed by atoms with van der Waals surface area (Å²) in [5.41, 5.74) is 10.1. The third-order valence-electron chi connectivity index (χ3n) is 10.5. The Morgan fingerprint density at radius 3 is 1.63 bits per heavy atom. The highest BCUT2D eigenvalue weighted by Gasteiger charge is 2.20. The second-order valence-corrected chi connectivity index (χ2v) is 13.6. The zero-order valence-electron chi connectivity index (χ0n) is 29.0. The van der Waals surface area contributed by atoms with Gasteiger partial charge in [0.15, 0.2) is 11.6 Å². The maximum atomic E-state index is 6.77. The van der Waals surface area contributed by atoms with Gasteiger partial charge in [-0.05, 0) is 63.9 Å². The maximum Gasteiger partial charge on any atom is 0.238 e. The highest BCUT2D eigenvalue weighted by Crippen LogP contribution is 2.42. The predicted octanol–water partition coefficient (Wildman–Crippen LogP) is 12.7. The van der Waals surface area contributed by atoms with Gasteiger partial charge in [-0.2, -0.15) is 9.97 Å². The minimum absolute atomic E-state index is 0.570. The van der Waals surface area contributed by atoms with E-state index in [1.165, 1.54) is 11.1 Å². The zero-order chi connectivity index (χ0) is 35.6. The van der Waals surface area contributed by atoms with Crippen molar-refractivity contribution < 1.29 is 4.42 Å². The van der Waals surface area contributed by atoms with Crippen molar-refractivity contribution in [1.82, 2.24) is 19.5 Å². The maximum absolute atomic E-state index is 6.77. The third-order valence-corrected chi connectivity index (χ3v) is 10.5. The van der Waals surface area contributed by atoms with Gasteiger partial charge in [-0.25, -0.2) is 4.98 Å². The van der Waals surface area contributed by atoms with Crippen LogP contribution in [-0.2, 0) is 0 Å². The lowest BCUT2D eigenvalue weighted by molar-refractivity contribution is 0.670. The fourth-order valence-corrected chi connectivity index (χ4v) is 7.90. The molecule has 0 fully saturated rings. The summed E-state index contributed by atoms with van der Waals surface area (Å²) in [4.78, 5) is 15.4. The fraction of sp³-hybridized carbons (Fsp3) is 0. The van der Waals surface area contributed by atoms with E-state index in [1.807, 2.05) is 42.5 Å². The molecule has 0 amide bonds. The van der Waals surface area contributed by atoms with Crippen LogP contribution in [0.3, 0.4) is 0 Å². The van der Waals surface area contributed by atoms with Crippen molar-refractivity contribution in [2.75, 3.05) is 0 Å². The number of furan rings is 1. The molecule has 0 saturated carbocycles. The molecule has 0 radical (unpaired) electrons. The number of benzene rings is 8. The Morgan fingerprint density at radius 2 is 0.926 bits per heavy atom. The minimum Gasteiger partial charge on any atom is -0.455 e. The number of hydrogen-bond donors (Lipinski definition) is 0. The quantitative estimate of drug-likeness (QED) is 0.180. The number of hydrogen-bond acceptors (Lipinski definition) is 4. The molecule has 8 aromatic carbocycles. The number of fused-ring (bicyclic) bond motifs is 8. The Bertz CT molecular complexity index is 3150. The van der Waals surface area contributed by atoms with E-state index in [4.69, 9.17) is 19.4 Å². The van der Waals surface area contributed by atoms with Gasteiger partial charge in [-0.3, -0.25) is 4.57 Å². The number of aromatic nitrogens is 4. The molecule has 5 heteroatoms. The van der Waals surface area contributed by atoms with Crippen molar-refractivity contribution in [3.8, 4) is 51.0 Å². The molecule has 0 unspecified atom stereocenters. The van der Waals surface area contributed by atoms with Crippen LogP contribution in [0.25, 0.3) is 105 Å². The first kappa shape index (κ1) is 30.3. The molecule has 0 spiro atoms. The average molecular weight is 691 g/mol. The van der Waals surface area contributed by atoms with Gasteiger partial charge < -0.3 is 4.42 Å². The molecule has 0 aliphatic heterocycles. The fourth-order valence-electron chi connectivity index (χ4n) is 7.90. The average Bonchev–Trinajstić information content (AvgIpc) is 3.80. The topological polar surface area (TPSA) is 56.7 Å². The molecule has 0 aliphatic rings. The number of para-hydroxylation sites is 2. The van der Waals surface area contributed by atoms with E-state index in [1.54, 1.807) is 0 Å². The molecular weight excluding hydrogens is 661 g/mol. The van der Waals surface area contributed by atoms with E-state index < -0.39 is 0 Å². The van der Waals surface area contributed by atoms with Crippen LogP contribution in [0.15, 0.2) is 186 Å². The SMILES string of the molecule is c1ccc(-c2ccc(-c3cc4ccccc4c4c3oc3ccc(-c5nc(-c6ccccc6)nc(-n6c7ccccc7c7ccccc76)n5)cc34)cc2)cc1. The molecule has 11 rings (SSSR count). The standard InChI is InChI=1S/C49H30N4O/c1-3-13-31(14-4-1)32-23-25-33(26-24-32)40-29-35-17-7-8-18-37(35)45-41-30-36(27-28-44(41)54-46(40)45)48-50-47(34-15-5-2-6-16-34)51-49(52-48)53-42-21-11-9-19-38(42)39-20-10-12-22-43(39)53/h1-30H. The van der Waals surface area contributed by atoms with E-state index >= 15 is 0 Å². The molecule has 0 saturated heterocycles. The molecule has 0 N–H and O–H groups in total. The van der Waals surface area contributed by atoms with Crippen molar-refractivity contribution in [2.45, 2.75) is 0 Å². The van der Waals surface area contributed by atoms with Crippen molar-refractivity contribution in [2.24, 2.45) is 0 Å². The summed E-state index contributed by atoms with van der Waals surface area (Å²) >= 11 is 0. The second-order valence-electron chi connectivity index (χ2n) is 13.6. The van der Waals surface area contributed by atoms with Gasteiger partial charge in [0, 0.05) is 38.2 Å². The first-order valence-corrected chi connectivity index (χ1v) is 18.1. The zero-order valence-corrected chi connectivity index (χ0v) is 29.0. The van der Waals surface area contributed by atoms with Gasteiger partial charge in [-0.1, -0.05) is 146 Å². The first-order valence-electron chi connectivity index (χ1n) is 18.1. The molecule has 0 aliphatic carbocycles. The first-order chi connectivity index (χ1) is 26.8. The van der Waals surface area contributed by atoms with E-state index in [0.29, 0.717) is 17.6 Å². The second kappa shape index (κ2) is 12.1. The summed E-state index contributed by atoms with van der Waals surface area (Å²) in [5.74, 6) is 1.77. The summed E-state index contributed by atoms with van der Waals surface area (Å²) < 4.78 is 8.92. The molecule has 54 heavy (non-hydrogen) atoms. The number of rotatable bonds is 5. The lowest BCUT2D eigenvalue weighted by Crippen LogP contribution is -2.06. The Balaban J connectivity index is 1.13. The summed E-state index contributed by atoms with van der Waals surface area (Å²) in [5, 5.41) is 6.69. The van der Waals surface area contributed by atoms with Gasteiger partial charge in [0.25, 0.3) is 0 Å². The Hall–Kier alpha value is -7.37. The summed E-state index contributed by atoms with van der Waals surface area (Å²) in [6.07, 6.45) is 0. The van der Waals surface area contributed by atoms with Crippen LogP contribution in [0.1, 0.15) is 0 Å². The predicted molar refractivity (Wildman–Crippen MR) is 221 cm³/mol. The normalized spacial score (nSPS) is 11.7. The van der Waals surface area contributed by atoms with E-state index in [2.05, 4.69) is 144 Å². The van der Waals surface area contributed by atoms with Crippen LogP contribution < -0.4 is 0 Å². The Kier molecular flexibility index (Phi) is 6.79. The lowest BCUT2D eigenvalue weighted by atomic mass is 9.95. The van der Waals surface area contributed by atoms with Gasteiger partial charge in [0.05, 0.1) is 11.0 Å². The molecule has 3 heterocycles. The molecule has 5 nitrogen and oxygen atoms in total. The molecule has 11 aromatic rings. The highest BCUT2D eigenvalue weighted by molar-refractivity contribution is 6.23. The van der Waals surface area contributed by atoms with Crippen LogP contribution in [0.2, 0.25) is 0 Å². The van der Waals surface area contributed by atoms with Crippen LogP contribution in [0.5, 0.6) is 0 Å². The largest absolute Gasteiger partial charge is 0.455 e. The van der Waals surface area contributed by atoms with Crippen molar-refractivity contribution in [3.63, 3.8) is 0 Å². The molecule has 3 aromatic heterocycles. The molecule has 0 atom stereocenters. The van der Waals surface area contributed by atoms with Crippen LogP contribution in [0, 0.1) is 0 Å². The molecule has 0 bridgehead atoms. The molecule has 252 valence electrons. The smallest absolute Gasteiger partial charge is 0.238 e. The summed E-state index contributed by atoms with van der Waals surface area (Å²) in [6, 6.07) is 63.3. The van der Waals surface area contributed by atoms with Crippen LogP contribution >= 0.6 is 0 Å². The van der Waals surface area contributed by atoms with E-state index in [0.717, 1.165) is 76.8 Å². The Labute approximate surface area is 310 Å². The van der Waals surface area contributed by atoms with E-state index in [-0.39, 0.29) is 0 Å². The monoisotopic (exact) mass is 690 g/mol. The van der Waals surface area contributed by atoms with Gasteiger partial charge in [0.2, 0.25) is 5.95 Å². The van der Waals surface area contributed by atoms with Gasteiger partial charge in [-0.15, -0.1) is 0 Å². The van der Waals surface area contributed by atoms with Crippen molar-refractivity contribution in [3.05, 3.63) is 182 Å². The third kappa shape index (κ3) is 4.83. The van der Waals surface area contributed by atoms with Crippen LogP contribution in [0.4, 0.5) is 0 Å². The van der Waals surface area contributed by atoms with Gasteiger partial charge >= 0.3 is 0 Å². The minimum atomic E-state index is 0.570. The van der Waals surface area contributed by atoms with Crippen molar-refractivity contribution in [1.29, 1.82) is 0 Å². The summed E-state index contributed by atoms with van der Waals surface area (Å²) in [7, 11) is 0. The van der Waals surface area contributed by atoms with Gasteiger partial charge in [0.1, 0.15) is 11.2 Å². The molecular formula is C49H30N4O. The van der Waals surface area contributed by atoms with Crippen LogP contribution in [-0.4, -0.2) is 19.5 Å². The number of nitrogens with zero attached hydrogens (tertiary/aromatic N) is 4. The summed E-state index contributed by atoms with van der Waals surface area (Å²) in [6.45, 7) is 0. The van der Waals surface area contributed by atoms with Crippen molar-refractivity contribution >= 4 is 54.5 Å². The Morgan fingerprint density at radius 1 is 0.389 bits per heavy atom. The highest BCUT2D eigenvalue weighted by atomic mass is 16.3. The van der Waals surface area contributed by atoms with E-state index in [9.17, 15) is 0 Å². The lowest BCUT2D eigenvalue weighted by Gasteiger charge is -2.11.